The molecule has 27 heavy (non-hydrogen) atoms. The molecule has 1 aliphatic heterocycles. The van der Waals surface area contributed by atoms with Crippen molar-refractivity contribution < 1.29 is 29.9 Å². The molecule has 1 aromatic heterocycles. The molecule has 148 valence electrons. The van der Waals surface area contributed by atoms with Gasteiger partial charge in [0, 0.05) is 12.1 Å². The Morgan fingerprint density at radius 3 is 2.63 bits per heavy atom. The quantitative estimate of drug-likeness (QED) is 0.376. The van der Waals surface area contributed by atoms with Gasteiger partial charge in [-0.1, -0.05) is 35.5 Å². The molecule has 6 N–H and O–H groups in total. The molecule has 1 fully saturated rings. The molecule has 10 nitrogen and oxygen atoms in total. The zero-order valence-electron chi connectivity index (χ0n) is 14.6. The maximum Gasteiger partial charge on any atom is 0.183 e. The fraction of sp³-hybridized carbons (Fsp3) is 0.529. The zero-order valence-corrected chi connectivity index (χ0v) is 14.6. The molecule has 1 saturated heterocycles. The van der Waals surface area contributed by atoms with Crippen LogP contribution >= 0.6 is 0 Å². The summed E-state index contributed by atoms with van der Waals surface area (Å²) < 4.78 is 12.5. The van der Waals surface area contributed by atoms with Crippen LogP contribution < -0.4 is 5.73 Å². The molecule has 1 aromatic carbocycles. The highest BCUT2D eigenvalue weighted by molar-refractivity contribution is 5.57. The van der Waals surface area contributed by atoms with Crippen LogP contribution in [0.25, 0.3) is 11.3 Å². The molecule has 0 aliphatic carbocycles. The van der Waals surface area contributed by atoms with Crippen molar-refractivity contribution in [1.29, 1.82) is 0 Å². The number of nitrogens with two attached hydrogens (primary N) is 1. The Morgan fingerprint density at radius 1 is 1.22 bits per heavy atom. The van der Waals surface area contributed by atoms with E-state index >= 15 is 0 Å². The summed E-state index contributed by atoms with van der Waals surface area (Å²) in [7, 11) is 0. The molecule has 0 bridgehead atoms. The Morgan fingerprint density at radius 2 is 1.96 bits per heavy atom. The topological polar surface area (TPSA) is 156 Å². The predicted octanol–water partition coefficient (Wildman–Crippen LogP) is -1.74. The molecule has 0 saturated carbocycles. The van der Waals surface area contributed by atoms with Crippen molar-refractivity contribution in [1.82, 2.24) is 15.0 Å². The maximum atomic E-state index is 10.6. The van der Waals surface area contributed by atoms with Gasteiger partial charge >= 0.3 is 0 Å². The van der Waals surface area contributed by atoms with Gasteiger partial charge in [0.1, 0.15) is 30.0 Å². The molecule has 2 aromatic rings. The largest absolute Gasteiger partial charge is 0.394 e. The summed E-state index contributed by atoms with van der Waals surface area (Å²) in [6.45, 7) is -0.650. The van der Waals surface area contributed by atoms with Gasteiger partial charge in [-0.05, 0) is 0 Å². The van der Waals surface area contributed by atoms with E-state index in [0.29, 0.717) is 5.69 Å². The number of aromatic nitrogens is 3. The van der Waals surface area contributed by atoms with Gasteiger partial charge < -0.3 is 35.6 Å². The molecular formula is C17H24N4O6. The van der Waals surface area contributed by atoms with E-state index in [1.807, 2.05) is 30.3 Å². The van der Waals surface area contributed by atoms with Gasteiger partial charge in [0.25, 0.3) is 0 Å². The average Bonchev–Trinajstić information content (AvgIpc) is 3.18. The van der Waals surface area contributed by atoms with Crippen LogP contribution in [0.1, 0.15) is 6.04 Å². The summed E-state index contributed by atoms with van der Waals surface area (Å²) in [5.74, 6) is 0. The Bertz CT molecular complexity index is 714. The number of aliphatic hydroxyl groups is 4. The number of rotatable bonds is 7. The summed E-state index contributed by atoms with van der Waals surface area (Å²) in [4.78, 5) is 0. The van der Waals surface area contributed by atoms with Crippen molar-refractivity contribution in [3.63, 3.8) is 0 Å². The van der Waals surface area contributed by atoms with Crippen molar-refractivity contribution in [3.05, 3.63) is 36.5 Å². The molecule has 0 radical (unpaired) electrons. The lowest BCUT2D eigenvalue weighted by Gasteiger charge is -2.41. The smallest absolute Gasteiger partial charge is 0.183 e. The first-order chi connectivity index (χ1) is 13.0. The molecular weight excluding hydrogens is 356 g/mol. The second kappa shape index (κ2) is 8.85. The molecule has 2 heterocycles. The predicted molar refractivity (Wildman–Crippen MR) is 93.3 cm³/mol. The van der Waals surface area contributed by atoms with Gasteiger partial charge in [0.05, 0.1) is 25.5 Å². The standard InChI is InChI=1S/C17H24N4O6/c18-6-11(23)9-26-17-14(16(25)15(24)13(8-22)27-17)21-7-12(19-20-21)10-4-2-1-3-5-10/h1-5,7,11,13-17,22-25H,6,8-9,18H2/t11-,13+,14-,15+,16+,17-/m0/s1. The van der Waals surface area contributed by atoms with Crippen molar-refractivity contribution in [2.24, 2.45) is 5.73 Å². The first kappa shape index (κ1) is 19.8. The second-order valence-electron chi connectivity index (χ2n) is 6.37. The number of benzene rings is 1. The number of hydrogen-bond acceptors (Lipinski definition) is 9. The zero-order chi connectivity index (χ0) is 19.4. The summed E-state index contributed by atoms with van der Waals surface area (Å²) in [6, 6.07) is 8.41. The van der Waals surface area contributed by atoms with Crippen LogP contribution in [-0.4, -0.2) is 85.9 Å². The van der Waals surface area contributed by atoms with Crippen LogP contribution in [0.5, 0.6) is 0 Å². The third kappa shape index (κ3) is 4.33. The first-order valence-corrected chi connectivity index (χ1v) is 8.64. The molecule has 3 rings (SSSR count). The van der Waals surface area contributed by atoms with E-state index < -0.39 is 43.4 Å². The van der Waals surface area contributed by atoms with E-state index in [1.54, 1.807) is 6.20 Å². The van der Waals surface area contributed by atoms with E-state index in [9.17, 15) is 20.4 Å². The SMILES string of the molecule is NC[C@H](O)CO[C@H]1O[C@H](CO)[C@@H](O)[C@H](O)[C@@H]1n1cc(-c2ccccc2)nn1. The lowest BCUT2D eigenvalue weighted by Crippen LogP contribution is -2.57. The third-order valence-corrected chi connectivity index (χ3v) is 4.46. The molecule has 10 heteroatoms. The Balaban J connectivity index is 1.85. The first-order valence-electron chi connectivity index (χ1n) is 8.64. The maximum absolute atomic E-state index is 10.6. The second-order valence-corrected chi connectivity index (χ2v) is 6.37. The summed E-state index contributed by atoms with van der Waals surface area (Å²) >= 11 is 0. The van der Waals surface area contributed by atoms with Gasteiger partial charge in [0.2, 0.25) is 0 Å². The van der Waals surface area contributed by atoms with Crippen molar-refractivity contribution in [3.8, 4) is 11.3 Å². The molecule has 1 aliphatic rings. The van der Waals surface area contributed by atoms with E-state index in [2.05, 4.69) is 10.3 Å². The summed E-state index contributed by atoms with van der Waals surface area (Å²) in [6.07, 6.45) is -4.10. The minimum Gasteiger partial charge on any atom is -0.394 e. The average molecular weight is 380 g/mol. The van der Waals surface area contributed by atoms with E-state index in [1.165, 1.54) is 4.68 Å². The third-order valence-electron chi connectivity index (χ3n) is 4.46. The Kier molecular flexibility index (Phi) is 6.50. The van der Waals surface area contributed by atoms with E-state index in [-0.39, 0.29) is 13.2 Å². The minimum absolute atomic E-state index is 0.00647. The number of aliphatic hydroxyl groups excluding tert-OH is 4. The molecule has 6 atom stereocenters. The lowest BCUT2D eigenvalue weighted by molar-refractivity contribution is -0.285. The van der Waals surface area contributed by atoms with Gasteiger partial charge in [-0.15, -0.1) is 5.10 Å². The highest BCUT2D eigenvalue weighted by Crippen LogP contribution is 2.31. The van der Waals surface area contributed by atoms with Crippen LogP contribution in [0.2, 0.25) is 0 Å². The summed E-state index contributed by atoms with van der Waals surface area (Å²) in [5.41, 5.74) is 6.78. The fourth-order valence-electron chi connectivity index (χ4n) is 2.92. The highest BCUT2D eigenvalue weighted by Gasteiger charge is 2.46. The summed E-state index contributed by atoms with van der Waals surface area (Å²) in [5, 5.41) is 47.9. The normalized spacial score (nSPS) is 29.6. The number of nitrogens with zero attached hydrogens (tertiary/aromatic N) is 3. The van der Waals surface area contributed by atoms with Crippen molar-refractivity contribution >= 4 is 0 Å². The van der Waals surface area contributed by atoms with E-state index in [0.717, 1.165) is 5.56 Å². The number of hydrogen-bond donors (Lipinski definition) is 5. The van der Waals surface area contributed by atoms with E-state index in [4.69, 9.17) is 15.2 Å². The van der Waals surface area contributed by atoms with Gasteiger partial charge in [0.15, 0.2) is 6.29 Å². The Labute approximate surface area is 155 Å². The monoisotopic (exact) mass is 380 g/mol. The number of ether oxygens (including phenoxy) is 2. The molecule has 0 spiro atoms. The van der Waals surface area contributed by atoms with Crippen LogP contribution in [0.3, 0.4) is 0 Å². The molecule has 0 unspecified atom stereocenters. The van der Waals surface area contributed by atoms with Crippen molar-refractivity contribution in [2.45, 2.75) is 36.7 Å². The lowest BCUT2D eigenvalue weighted by atomic mass is 9.97. The van der Waals surface area contributed by atoms with Crippen LogP contribution in [0, 0.1) is 0 Å². The van der Waals surface area contributed by atoms with Crippen molar-refractivity contribution in [2.75, 3.05) is 19.8 Å². The fourth-order valence-corrected chi connectivity index (χ4v) is 2.92. The highest BCUT2D eigenvalue weighted by atomic mass is 16.7. The van der Waals surface area contributed by atoms with Crippen LogP contribution in [0.4, 0.5) is 0 Å². The van der Waals surface area contributed by atoms with Gasteiger partial charge in [-0.2, -0.15) is 0 Å². The molecule has 0 amide bonds. The van der Waals surface area contributed by atoms with Crippen LogP contribution in [-0.2, 0) is 9.47 Å². The minimum atomic E-state index is -1.34. The van der Waals surface area contributed by atoms with Gasteiger partial charge in [-0.25, -0.2) is 4.68 Å². The Hall–Kier alpha value is -1.92. The van der Waals surface area contributed by atoms with Crippen LogP contribution in [0.15, 0.2) is 36.5 Å². The van der Waals surface area contributed by atoms with Gasteiger partial charge in [-0.3, -0.25) is 0 Å².